The first-order valence-electron chi connectivity index (χ1n) is 6.67. The Bertz CT molecular complexity index is 765. The van der Waals surface area contributed by atoms with Crippen LogP contribution in [-0.4, -0.2) is 29.5 Å². The van der Waals surface area contributed by atoms with E-state index in [1.54, 1.807) is 19.9 Å². The number of hydrogen-bond donors (Lipinski definition) is 1. The van der Waals surface area contributed by atoms with Gasteiger partial charge < -0.3 is 4.98 Å². The van der Waals surface area contributed by atoms with Crippen molar-refractivity contribution >= 4 is 20.9 Å². The lowest BCUT2D eigenvalue weighted by Gasteiger charge is -2.28. The second kappa shape index (κ2) is 4.56. The van der Waals surface area contributed by atoms with E-state index in [2.05, 4.69) is 4.98 Å². The molecule has 4 nitrogen and oxygen atoms in total. The van der Waals surface area contributed by atoms with E-state index in [0.717, 1.165) is 22.2 Å². The molecule has 6 heteroatoms. The van der Waals surface area contributed by atoms with Gasteiger partial charge in [0.05, 0.1) is 5.25 Å². The molecule has 1 aromatic heterocycles. The fourth-order valence-corrected chi connectivity index (χ4v) is 3.93. The number of aromatic amines is 1. The fourth-order valence-electron chi connectivity index (χ4n) is 2.68. The van der Waals surface area contributed by atoms with Crippen LogP contribution in [0.4, 0.5) is 4.39 Å². The molecule has 108 valence electrons. The summed E-state index contributed by atoms with van der Waals surface area (Å²) < 4.78 is 39.4. The summed E-state index contributed by atoms with van der Waals surface area (Å²) in [7, 11) is -3.27. The number of benzene rings is 1. The van der Waals surface area contributed by atoms with Crippen molar-refractivity contribution in [1.82, 2.24) is 9.29 Å². The fraction of sp³-hybridized carbons (Fsp3) is 0.429. The van der Waals surface area contributed by atoms with Crippen molar-refractivity contribution in [2.24, 2.45) is 0 Å². The maximum Gasteiger partial charge on any atom is 0.216 e. The van der Waals surface area contributed by atoms with Gasteiger partial charge in [0.1, 0.15) is 5.82 Å². The number of hydrogen-bond acceptors (Lipinski definition) is 2. The van der Waals surface area contributed by atoms with Gasteiger partial charge in [-0.1, -0.05) is 0 Å². The molecule has 0 radical (unpaired) electrons. The van der Waals surface area contributed by atoms with Gasteiger partial charge in [0.15, 0.2) is 0 Å². The highest BCUT2D eigenvalue weighted by Gasteiger charge is 2.30. The molecule has 0 spiro atoms. The third-order valence-electron chi connectivity index (χ3n) is 3.86. The Morgan fingerprint density at radius 2 is 2.10 bits per heavy atom. The van der Waals surface area contributed by atoms with Crippen LogP contribution in [0.5, 0.6) is 0 Å². The minimum Gasteiger partial charge on any atom is -0.358 e. The van der Waals surface area contributed by atoms with Crippen LogP contribution in [0.15, 0.2) is 18.2 Å². The first-order valence-corrected chi connectivity index (χ1v) is 8.18. The highest BCUT2D eigenvalue weighted by Crippen LogP contribution is 2.30. The average molecular weight is 296 g/mol. The van der Waals surface area contributed by atoms with E-state index < -0.39 is 15.3 Å². The molecule has 0 amide bonds. The number of sulfonamides is 1. The van der Waals surface area contributed by atoms with Crippen LogP contribution in [0.2, 0.25) is 0 Å². The van der Waals surface area contributed by atoms with Gasteiger partial charge in [-0.25, -0.2) is 12.8 Å². The van der Waals surface area contributed by atoms with Crippen molar-refractivity contribution in [1.29, 1.82) is 0 Å². The maximum atomic E-state index is 13.4. The Balaban J connectivity index is 2.06. The zero-order valence-corrected chi connectivity index (χ0v) is 12.3. The molecule has 0 bridgehead atoms. The Kier molecular flexibility index (Phi) is 3.10. The summed E-state index contributed by atoms with van der Waals surface area (Å²) in [6.07, 6.45) is 0.636. The standard InChI is InChI=1S/C14H17FN2O2S/c1-9(2)20(18,19)17-6-5-14-12(8-17)11-7-10(15)3-4-13(11)16-14/h3-4,7,9,16H,5-6,8H2,1-2H3. The van der Waals surface area contributed by atoms with Gasteiger partial charge in [0.25, 0.3) is 0 Å². The summed E-state index contributed by atoms with van der Waals surface area (Å²) in [5, 5.41) is 0.342. The van der Waals surface area contributed by atoms with Gasteiger partial charge in [-0.3, -0.25) is 0 Å². The van der Waals surface area contributed by atoms with E-state index in [1.807, 2.05) is 0 Å². The van der Waals surface area contributed by atoms with Crippen LogP contribution >= 0.6 is 0 Å². The lowest BCUT2D eigenvalue weighted by Crippen LogP contribution is -2.39. The molecule has 1 aliphatic rings. The summed E-state index contributed by atoms with van der Waals surface area (Å²) in [5.41, 5.74) is 2.77. The van der Waals surface area contributed by atoms with Gasteiger partial charge in [-0.15, -0.1) is 0 Å². The van der Waals surface area contributed by atoms with E-state index >= 15 is 0 Å². The summed E-state index contributed by atoms with van der Waals surface area (Å²) >= 11 is 0. The monoisotopic (exact) mass is 296 g/mol. The molecule has 0 saturated carbocycles. The van der Waals surface area contributed by atoms with Crippen LogP contribution in [0.1, 0.15) is 25.1 Å². The number of nitrogens with one attached hydrogen (secondary N) is 1. The van der Waals surface area contributed by atoms with Crippen LogP contribution in [0.3, 0.4) is 0 Å². The summed E-state index contributed by atoms with van der Waals surface area (Å²) in [6, 6.07) is 4.58. The SMILES string of the molecule is CC(C)S(=O)(=O)N1CCc2[nH]c3ccc(F)cc3c2C1. The first kappa shape index (κ1) is 13.6. The molecule has 0 aliphatic carbocycles. The molecule has 0 atom stereocenters. The second-order valence-electron chi connectivity index (χ2n) is 5.45. The van der Waals surface area contributed by atoms with Gasteiger partial charge in [-0.2, -0.15) is 4.31 Å². The van der Waals surface area contributed by atoms with Gasteiger partial charge in [-0.05, 0) is 37.6 Å². The van der Waals surface area contributed by atoms with Gasteiger partial charge in [0.2, 0.25) is 10.0 Å². The zero-order chi connectivity index (χ0) is 14.5. The minimum atomic E-state index is -3.27. The molecule has 1 aliphatic heterocycles. The Morgan fingerprint density at radius 1 is 1.35 bits per heavy atom. The maximum absolute atomic E-state index is 13.4. The molecular weight excluding hydrogens is 279 g/mol. The summed E-state index contributed by atoms with van der Waals surface area (Å²) in [6.45, 7) is 4.15. The predicted octanol–water partition coefficient (Wildman–Crippen LogP) is 2.40. The second-order valence-corrected chi connectivity index (χ2v) is 7.94. The third-order valence-corrected chi connectivity index (χ3v) is 6.08. The number of nitrogens with zero attached hydrogens (tertiary/aromatic N) is 1. The normalized spacial score (nSPS) is 16.8. The van der Waals surface area contributed by atoms with E-state index in [-0.39, 0.29) is 5.82 Å². The van der Waals surface area contributed by atoms with Crippen molar-refractivity contribution in [3.8, 4) is 0 Å². The van der Waals surface area contributed by atoms with E-state index in [9.17, 15) is 12.8 Å². The van der Waals surface area contributed by atoms with Crippen molar-refractivity contribution < 1.29 is 12.8 Å². The molecule has 2 heterocycles. The Hall–Kier alpha value is -1.40. The topological polar surface area (TPSA) is 53.2 Å². The molecule has 1 aromatic carbocycles. The van der Waals surface area contributed by atoms with Crippen LogP contribution in [-0.2, 0) is 23.0 Å². The van der Waals surface area contributed by atoms with Gasteiger partial charge >= 0.3 is 0 Å². The van der Waals surface area contributed by atoms with Crippen LogP contribution in [0.25, 0.3) is 10.9 Å². The van der Waals surface area contributed by atoms with Crippen molar-refractivity contribution in [2.45, 2.75) is 32.1 Å². The van der Waals surface area contributed by atoms with E-state index in [0.29, 0.717) is 19.5 Å². The summed E-state index contributed by atoms with van der Waals surface area (Å²) in [4.78, 5) is 3.26. The van der Waals surface area contributed by atoms with Crippen LogP contribution in [0, 0.1) is 5.82 Å². The molecular formula is C14H17FN2O2S. The molecule has 1 N–H and O–H groups in total. The largest absolute Gasteiger partial charge is 0.358 e. The third kappa shape index (κ3) is 2.03. The summed E-state index contributed by atoms with van der Waals surface area (Å²) in [5.74, 6) is -0.303. The van der Waals surface area contributed by atoms with Crippen molar-refractivity contribution in [3.63, 3.8) is 0 Å². The van der Waals surface area contributed by atoms with Crippen LogP contribution < -0.4 is 0 Å². The Labute approximate surface area is 117 Å². The van der Waals surface area contributed by atoms with Crippen molar-refractivity contribution in [3.05, 3.63) is 35.3 Å². The van der Waals surface area contributed by atoms with E-state index in [4.69, 9.17) is 0 Å². The minimum absolute atomic E-state index is 0.303. The number of fused-ring (bicyclic) bond motifs is 3. The number of halogens is 1. The quantitative estimate of drug-likeness (QED) is 0.925. The highest BCUT2D eigenvalue weighted by molar-refractivity contribution is 7.89. The molecule has 3 rings (SSSR count). The molecule has 0 saturated heterocycles. The first-order chi connectivity index (χ1) is 9.39. The molecule has 20 heavy (non-hydrogen) atoms. The smallest absolute Gasteiger partial charge is 0.216 e. The number of rotatable bonds is 2. The molecule has 2 aromatic rings. The van der Waals surface area contributed by atoms with Crippen molar-refractivity contribution in [2.75, 3.05) is 6.54 Å². The lowest BCUT2D eigenvalue weighted by atomic mass is 10.1. The Morgan fingerprint density at radius 3 is 2.80 bits per heavy atom. The van der Waals surface area contributed by atoms with E-state index in [1.165, 1.54) is 16.4 Å². The average Bonchev–Trinajstić information content (AvgIpc) is 2.75. The lowest BCUT2D eigenvalue weighted by molar-refractivity contribution is 0.387. The molecule has 0 fully saturated rings. The van der Waals surface area contributed by atoms with Gasteiger partial charge in [0, 0.05) is 36.1 Å². The molecule has 0 unspecified atom stereocenters. The highest BCUT2D eigenvalue weighted by atomic mass is 32.2. The number of aromatic nitrogens is 1. The predicted molar refractivity (Wildman–Crippen MR) is 76.4 cm³/mol. The number of H-pyrrole nitrogens is 1. The zero-order valence-electron chi connectivity index (χ0n) is 11.5.